The van der Waals surface area contributed by atoms with Gasteiger partial charge in [-0.25, -0.2) is 0 Å². The SMILES string of the molecule is C[C@]12CCC(=O)C=C1CC[C@@H]1[C@@H]2C(=O)C[C@@]2(C)[C@H]1CC[C@]2(O)C(=O)COC(=O)CCC(=O)NCc1cccnc1. The van der Waals surface area contributed by atoms with E-state index in [2.05, 4.69) is 17.2 Å². The molecule has 0 aromatic carbocycles. The first-order chi connectivity index (χ1) is 19.0. The summed E-state index contributed by atoms with van der Waals surface area (Å²) in [4.78, 5) is 67.5. The second-order valence-corrected chi connectivity index (χ2v) is 12.5. The maximum Gasteiger partial charge on any atom is 0.306 e. The highest BCUT2D eigenvalue weighted by molar-refractivity contribution is 5.95. The number of nitrogens with one attached hydrogen (secondary N) is 1. The molecule has 9 heteroatoms. The number of Topliss-reactive ketones (excluding diaryl/α,β-unsaturated/α-hetero) is 2. The zero-order valence-corrected chi connectivity index (χ0v) is 23.2. The van der Waals surface area contributed by atoms with Gasteiger partial charge in [0, 0.05) is 49.5 Å². The Balaban J connectivity index is 1.18. The molecule has 1 amide bonds. The van der Waals surface area contributed by atoms with E-state index >= 15 is 0 Å². The van der Waals surface area contributed by atoms with Crippen molar-refractivity contribution in [2.45, 2.75) is 83.8 Å². The van der Waals surface area contributed by atoms with Crippen molar-refractivity contribution in [2.75, 3.05) is 6.61 Å². The van der Waals surface area contributed by atoms with Crippen molar-refractivity contribution in [2.24, 2.45) is 28.6 Å². The van der Waals surface area contributed by atoms with Crippen LogP contribution in [0.4, 0.5) is 0 Å². The maximum atomic E-state index is 13.7. The molecule has 4 aliphatic rings. The highest BCUT2D eigenvalue weighted by atomic mass is 16.5. The number of allylic oxidation sites excluding steroid dienone is 1. The lowest BCUT2D eigenvalue weighted by Gasteiger charge is -2.57. The molecule has 0 radical (unpaired) electrons. The summed E-state index contributed by atoms with van der Waals surface area (Å²) in [6, 6.07) is 3.59. The molecule has 9 nitrogen and oxygen atoms in total. The number of aliphatic hydroxyl groups is 1. The summed E-state index contributed by atoms with van der Waals surface area (Å²) in [7, 11) is 0. The van der Waals surface area contributed by atoms with Gasteiger partial charge in [0.15, 0.2) is 12.4 Å². The number of ketones is 3. The van der Waals surface area contributed by atoms with Crippen LogP contribution in [0.5, 0.6) is 0 Å². The zero-order valence-electron chi connectivity index (χ0n) is 23.2. The number of hydrogen-bond donors (Lipinski definition) is 2. The highest BCUT2D eigenvalue weighted by Crippen LogP contribution is 2.66. The molecule has 40 heavy (non-hydrogen) atoms. The first kappa shape index (κ1) is 28.3. The Hall–Kier alpha value is -3.20. The third kappa shape index (κ3) is 4.82. The third-order valence-corrected chi connectivity index (χ3v) is 10.4. The van der Waals surface area contributed by atoms with Crippen molar-refractivity contribution in [1.29, 1.82) is 0 Å². The molecule has 0 unspecified atom stereocenters. The van der Waals surface area contributed by atoms with E-state index in [9.17, 15) is 29.1 Å². The molecule has 1 aromatic heterocycles. The predicted molar refractivity (Wildman–Crippen MR) is 143 cm³/mol. The first-order valence-electron chi connectivity index (χ1n) is 14.3. The summed E-state index contributed by atoms with van der Waals surface area (Å²) < 4.78 is 5.19. The number of fused-ring (bicyclic) bond motifs is 5. The minimum absolute atomic E-state index is 0.0145. The second-order valence-electron chi connectivity index (χ2n) is 12.5. The molecule has 0 bridgehead atoms. The molecule has 214 valence electrons. The van der Waals surface area contributed by atoms with Gasteiger partial charge < -0.3 is 15.2 Å². The number of esters is 1. The van der Waals surface area contributed by atoms with E-state index in [1.54, 1.807) is 24.5 Å². The number of hydrogen-bond acceptors (Lipinski definition) is 8. The molecular weight excluding hydrogens is 512 g/mol. The fourth-order valence-corrected chi connectivity index (χ4v) is 8.19. The lowest BCUT2D eigenvalue weighted by atomic mass is 9.46. The Morgan fingerprint density at radius 2 is 1.93 bits per heavy atom. The monoisotopic (exact) mass is 550 g/mol. The van der Waals surface area contributed by atoms with Crippen LogP contribution in [-0.4, -0.2) is 51.5 Å². The molecule has 6 atom stereocenters. The second kappa shape index (κ2) is 10.7. The number of aromatic nitrogens is 1. The third-order valence-electron chi connectivity index (χ3n) is 10.4. The van der Waals surface area contributed by atoms with Gasteiger partial charge in [-0.3, -0.25) is 29.0 Å². The number of amides is 1. The first-order valence-corrected chi connectivity index (χ1v) is 14.3. The predicted octanol–water partition coefficient (Wildman–Crippen LogP) is 3.03. The van der Waals surface area contributed by atoms with E-state index in [-0.39, 0.29) is 66.3 Å². The summed E-state index contributed by atoms with van der Waals surface area (Å²) in [5.41, 5.74) is -1.15. The summed E-state index contributed by atoms with van der Waals surface area (Å²) in [6.07, 6.45) is 8.28. The van der Waals surface area contributed by atoms with Crippen molar-refractivity contribution in [3.8, 4) is 0 Å². The van der Waals surface area contributed by atoms with Gasteiger partial charge in [0.25, 0.3) is 0 Å². The lowest BCUT2D eigenvalue weighted by Crippen LogP contribution is -2.61. The Morgan fingerprint density at radius 3 is 2.67 bits per heavy atom. The van der Waals surface area contributed by atoms with Crippen LogP contribution < -0.4 is 5.32 Å². The van der Waals surface area contributed by atoms with Gasteiger partial charge in [-0.15, -0.1) is 0 Å². The molecule has 1 aromatic rings. The van der Waals surface area contributed by atoms with E-state index < -0.39 is 29.4 Å². The average molecular weight is 551 g/mol. The number of rotatable bonds is 8. The summed E-state index contributed by atoms with van der Waals surface area (Å²) in [6.45, 7) is 3.64. The van der Waals surface area contributed by atoms with Crippen molar-refractivity contribution < 1.29 is 33.8 Å². The van der Waals surface area contributed by atoms with Crippen molar-refractivity contribution >= 4 is 29.2 Å². The van der Waals surface area contributed by atoms with Crippen LogP contribution in [0, 0.1) is 28.6 Å². The zero-order chi connectivity index (χ0) is 28.7. The number of carbonyl (C=O) groups excluding carboxylic acids is 5. The molecule has 4 aliphatic carbocycles. The van der Waals surface area contributed by atoms with Crippen LogP contribution in [0.1, 0.15) is 77.2 Å². The van der Waals surface area contributed by atoms with Gasteiger partial charge in [0.05, 0.1) is 6.42 Å². The quantitative estimate of drug-likeness (QED) is 0.471. The maximum absolute atomic E-state index is 13.7. The van der Waals surface area contributed by atoms with Gasteiger partial charge >= 0.3 is 5.97 Å². The molecule has 3 fully saturated rings. The summed E-state index contributed by atoms with van der Waals surface area (Å²) in [5, 5.41) is 14.5. The van der Waals surface area contributed by atoms with E-state index in [1.165, 1.54) is 0 Å². The topological polar surface area (TPSA) is 140 Å². The van der Waals surface area contributed by atoms with Gasteiger partial charge in [0.2, 0.25) is 11.7 Å². The molecule has 1 heterocycles. The van der Waals surface area contributed by atoms with E-state index in [0.717, 1.165) is 24.0 Å². The number of ether oxygens (including phenoxy) is 1. The Bertz CT molecular complexity index is 1260. The molecular formula is C31H38N2O7. The number of carbonyl (C=O) groups is 5. The Kier molecular flexibility index (Phi) is 7.54. The Morgan fingerprint density at radius 1 is 1.12 bits per heavy atom. The smallest absolute Gasteiger partial charge is 0.306 e. The van der Waals surface area contributed by atoms with Crippen LogP contribution >= 0.6 is 0 Å². The lowest BCUT2D eigenvalue weighted by molar-refractivity contribution is -0.173. The average Bonchev–Trinajstić information content (AvgIpc) is 3.20. The molecule has 0 saturated heterocycles. The Labute approximate surface area is 234 Å². The minimum atomic E-state index is -1.76. The van der Waals surface area contributed by atoms with Crippen LogP contribution in [0.15, 0.2) is 36.2 Å². The molecule has 2 N–H and O–H groups in total. The van der Waals surface area contributed by atoms with E-state index in [4.69, 9.17) is 4.74 Å². The highest BCUT2D eigenvalue weighted by Gasteiger charge is 2.68. The van der Waals surface area contributed by atoms with Crippen LogP contribution in [-0.2, 0) is 35.3 Å². The molecule has 5 rings (SSSR count). The fourth-order valence-electron chi connectivity index (χ4n) is 8.19. The van der Waals surface area contributed by atoms with Crippen molar-refractivity contribution in [3.05, 3.63) is 41.7 Å². The molecule has 0 spiro atoms. The van der Waals surface area contributed by atoms with Crippen molar-refractivity contribution in [3.63, 3.8) is 0 Å². The van der Waals surface area contributed by atoms with Gasteiger partial charge in [-0.2, -0.15) is 0 Å². The van der Waals surface area contributed by atoms with E-state index in [0.29, 0.717) is 25.8 Å². The standard InChI is InChI=1S/C31H38N2O7/c1-29-11-9-21(34)14-20(29)5-6-22-23-10-12-31(39,30(23,2)15-24(35)28(22)29)25(36)18-40-27(38)8-7-26(37)33-17-19-4-3-13-32-16-19/h3-4,13-14,16,22-23,28,39H,5-12,15,17-18H2,1-2H3,(H,33,37)/t22-,23-,28+,29-,30-,31-/m0/s1. The van der Waals surface area contributed by atoms with Crippen molar-refractivity contribution in [1.82, 2.24) is 10.3 Å². The number of pyridine rings is 1. The molecule has 0 aliphatic heterocycles. The number of nitrogens with zero attached hydrogens (tertiary/aromatic N) is 1. The van der Waals surface area contributed by atoms with Crippen LogP contribution in [0.3, 0.4) is 0 Å². The molecule has 3 saturated carbocycles. The fraction of sp³-hybridized carbons (Fsp3) is 0.613. The summed E-state index contributed by atoms with van der Waals surface area (Å²) in [5.74, 6) is -1.63. The normalized spacial score (nSPS) is 34.7. The minimum Gasteiger partial charge on any atom is -0.458 e. The van der Waals surface area contributed by atoms with E-state index in [1.807, 2.05) is 13.0 Å². The van der Waals surface area contributed by atoms with Crippen LogP contribution in [0.2, 0.25) is 0 Å². The van der Waals surface area contributed by atoms with Gasteiger partial charge in [-0.1, -0.05) is 25.5 Å². The van der Waals surface area contributed by atoms with Gasteiger partial charge in [-0.05, 0) is 67.1 Å². The van der Waals surface area contributed by atoms with Crippen LogP contribution in [0.25, 0.3) is 0 Å². The largest absolute Gasteiger partial charge is 0.458 e. The summed E-state index contributed by atoms with van der Waals surface area (Å²) >= 11 is 0. The van der Waals surface area contributed by atoms with Gasteiger partial charge in [0.1, 0.15) is 11.4 Å².